The van der Waals surface area contributed by atoms with Crippen LogP contribution in [0.2, 0.25) is 6.04 Å². The molecule has 0 heterocycles. The smallest absolute Gasteiger partial charge is 0.160 e. The number of hydroxylamine groups is 2. The average Bonchev–Trinajstić information content (AvgIpc) is 2.47. The molecule has 0 aliphatic rings. The first-order valence-corrected chi connectivity index (χ1v) is 9.88. The molecule has 0 saturated carbocycles. The van der Waals surface area contributed by atoms with Gasteiger partial charge in [-0.2, -0.15) is 0 Å². The minimum absolute atomic E-state index is 0.0675. The van der Waals surface area contributed by atoms with Crippen molar-refractivity contribution in [2.24, 2.45) is 0 Å². The van der Waals surface area contributed by atoms with E-state index in [0.29, 0.717) is 13.2 Å². The molecule has 122 valence electrons. The lowest BCUT2D eigenvalue weighted by Gasteiger charge is -2.29. The lowest BCUT2D eigenvalue weighted by atomic mass is 10.2. The van der Waals surface area contributed by atoms with Gasteiger partial charge in [-0.3, -0.25) is 9.68 Å². The minimum Gasteiger partial charge on any atom is -0.358 e. The summed E-state index contributed by atoms with van der Waals surface area (Å²) < 4.78 is 5.91. The molecule has 0 bridgehead atoms. The van der Waals surface area contributed by atoms with Crippen molar-refractivity contribution in [2.45, 2.75) is 78.0 Å². The Balaban J connectivity index is 4.28. The zero-order chi connectivity index (χ0) is 15.1. The number of rotatable bonds is 15. The quantitative estimate of drug-likeness (QED) is 0.201. The molecule has 0 aliphatic heterocycles. The lowest BCUT2D eigenvalue weighted by Crippen LogP contribution is -2.38. The Hall–Kier alpha value is 0.0569. The van der Waals surface area contributed by atoms with Gasteiger partial charge in [-0.15, -0.1) is 0 Å². The fourth-order valence-corrected chi connectivity index (χ4v) is 2.32. The minimum atomic E-state index is -0.0675. The van der Waals surface area contributed by atoms with Gasteiger partial charge in [0.1, 0.15) is 0 Å². The highest BCUT2D eigenvalue weighted by Crippen LogP contribution is 2.14. The van der Waals surface area contributed by atoms with Crippen molar-refractivity contribution in [3.8, 4) is 0 Å². The topological polar surface area (TPSA) is 30.9 Å². The molecule has 0 N–H and O–H groups in total. The second-order valence-electron chi connectivity index (χ2n) is 5.13. The second kappa shape index (κ2) is 15.4. The molecule has 0 fully saturated rings. The molecule has 0 saturated heterocycles. The van der Waals surface area contributed by atoms with Crippen LogP contribution < -0.4 is 0 Å². The molecule has 0 aromatic heterocycles. The molecule has 1 atom stereocenters. The molecule has 20 heavy (non-hydrogen) atoms. The molecular formula is C15H35NO3Si. The van der Waals surface area contributed by atoms with Crippen LogP contribution in [0.3, 0.4) is 0 Å². The summed E-state index contributed by atoms with van der Waals surface area (Å²) in [6, 6.07) is 1.39. The molecule has 0 aromatic carbocycles. The summed E-state index contributed by atoms with van der Waals surface area (Å²) in [4.78, 5) is 11.4. The fourth-order valence-electron chi connectivity index (χ4n) is 1.82. The molecular weight excluding hydrogens is 270 g/mol. The first-order valence-electron chi connectivity index (χ1n) is 8.46. The maximum Gasteiger partial charge on any atom is 0.160 e. The van der Waals surface area contributed by atoms with Crippen LogP contribution in [0.1, 0.15) is 65.7 Å². The zero-order valence-electron chi connectivity index (χ0n) is 14.0. The molecule has 0 aliphatic carbocycles. The van der Waals surface area contributed by atoms with Gasteiger partial charge in [-0.1, -0.05) is 39.7 Å². The van der Waals surface area contributed by atoms with Crippen LogP contribution in [0.15, 0.2) is 0 Å². The van der Waals surface area contributed by atoms with Crippen LogP contribution in [0.25, 0.3) is 0 Å². The van der Waals surface area contributed by atoms with Crippen molar-refractivity contribution in [3.63, 3.8) is 0 Å². The third-order valence-corrected chi connectivity index (χ3v) is 3.61. The van der Waals surface area contributed by atoms with Gasteiger partial charge in [-0.05, 0) is 37.3 Å². The SMILES string of the molecule is CCCOC(CCCCC[SiH3])N(OCCC)OCCC. The normalized spacial score (nSPS) is 13.2. The summed E-state index contributed by atoms with van der Waals surface area (Å²) in [5.41, 5.74) is 0. The van der Waals surface area contributed by atoms with Gasteiger partial charge in [0, 0.05) is 16.8 Å². The fraction of sp³-hybridized carbons (Fsp3) is 1.00. The van der Waals surface area contributed by atoms with E-state index < -0.39 is 0 Å². The third kappa shape index (κ3) is 10.8. The predicted molar refractivity (Wildman–Crippen MR) is 87.6 cm³/mol. The van der Waals surface area contributed by atoms with Gasteiger partial charge in [0.2, 0.25) is 0 Å². The van der Waals surface area contributed by atoms with E-state index in [-0.39, 0.29) is 6.23 Å². The van der Waals surface area contributed by atoms with Crippen molar-refractivity contribution in [1.29, 1.82) is 0 Å². The molecule has 4 nitrogen and oxygen atoms in total. The number of ether oxygens (including phenoxy) is 1. The Morgan fingerprint density at radius 2 is 1.45 bits per heavy atom. The monoisotopic (exact) mass is 305 g/mol. The summed E-state index contributed by atoms with van der Waals surface area (Å²) in [5, 5.41) is 1.61. The lowest BCUT2D eigenvalue weighted by molar-refractivity contribution is -0.424. The predicted octanol–water partition coefficient (Wildman–Crippen LogP) is 3.07. The summed E-state index contributed by atoms with van der Waals surface area (Å²) in [6.45, 7) is 8.44. The Kier molecular flexibility index (Phi) is 15.5. The van der Waals surface area contributed by atoms with E-state index in [9.17, 15) is 0 Å². The van der Waals surface area contributed by atoms with Crippen molar-refractivity contribution in [1.82, 2.24) is 5.23 Å². The molecule has 5 heteroatoms. The van der Waals surface area contributed by atoms with Crippen molar-refractivity contribution >= 4 is 10.2 Å². The molecule has 1 unspecified atom stereocenters. The van der Waals surface area contributed by atoms with Crippen LogP contribution >= 0.6 is 0 Å². The standard InChI is InChI=1S/C15H35NO3Si/c1-4-11-17-15(10-8-7-9-14-20)16(18-12-5-2)19-13-6-3/h15H,4-14H2,1-3,20H3. The Morgan fingerprint density at radius 1 is 0.850 bits per heavy atom. The largest absolute Gasteiger partial charge is 0.358 e. The van der Waals surface area contributed by atoms with Crippen LogP contribution in [-0.4, -0.2) is 41.5 Å². The number of nitrogens with zero attached hydrogens (tertiary/aromatic N) is 1. The zero-order valence-corrected chi connectivity index (χ0v) is 16.0. The highest BCUT2D eigenvalue weighted by molar-refractivity contribution is 6.08. The van der Waals surface area contributed by atoms with E-state index in [1.807, 2.05) is 0 Å². The Morgan fingerprint density at radius 3 is 1.95 bits per heavy atom. The van der Waals surface area contributed by atoms with Gasteiger partial charge in [0.15, 0.2) is 6.23 Å². The summed E-state index contributed by atoms with van der Waals surface area (Å²) in [6.07, 6.45) is 7.70. The van der Waals surface area contributed by atoms with Crippen molar-refractivity contribution < 1.29 is 14.4 Å². The van der Waals surface area contributed by atoms with Crippen LogP contribution in [0.5, 0.6) is 0 Å². The van der Waals surface area contributed by atoms with Crippen LogP contribution in [-0.2, 0) is 14.4 Å². The Labute approximate surface area is 128 Å². The molecule has 0 spiro atoms. The highest BCUT2D eigenvalue weighted by atomic mass is 28.1. The van der Waals surface area contributed by atoms with E-state index >= 15 is 0 Å². The van der Waals surface area contributed by atoms with Gasteiger partial charge in [-0.25, -0.2) is 0 Å². The number of unbranched alkanes of at least 4 members (excludes halogenated alkanes) is 2. The van der Waals surface area contributed by atoms with Crippen LogP contribution in [0, 0.1) is 0 Å². The summed E-state index contributed by atoms with van der Waals surface area (Å²) in [5.74, 6) is 0. The Bertz CT molecular complexity index is 188. The molecule has 0 rings (SSSR count). The van der Waals surface area contributed by atoms with Crippen molar-refractivity contribution in [2.75, 3.05) is 19.8 Å². The second-order valence-corrected chi connectivity index (χ2v) is 6.13. The maximum atomic E-state index is 5.91. The van der Waals surface area contributed by atoms with Gasteiger partial charge >= 0.3 is 0 Å². The van der Waals surface area contributed by atoms with E-state index in [2.05, 4.69) is 20.8 Å². The third-order valence-electron chi connectivity index (χ3n) is 2.90. The van der Waals surface area contributed by atoms with Crippen molar-refractivity contribution in [3.05, 3.63) is 0 Å². The summed E-state index contributed by atoms with van der Waals surface area (Å²) >= 11 is 0. The molecule has 0 radical (unpaired) electrons. The van der Waals surface area contributed by atoms with Crippen LogP contribution in [0.4, 0.5) is 0 Å². The number of hydrogen-bond donors (Lipinski definition) is 0. The highest BCUT2D eigenvalue weighted by Gasteiger charge is 2.20. The molecule has 0 aromatic rings. The van der Waals surface area contributed by atoms with E-state index in [1.165, 1.54) is 35.5 Å². The average molecular weight is 306 g/mol. The van der Waals surface area contributed by atoms with Gasteiger partial charge in [0.25, 0.3) is 0 Å². The molecule has 0 amide bonds. The van der Waals surface area contributed by atoms with E-state index in [0.717, 1.165) is 32.3 Å². The van der Waals surface area contributed by atoms with E-state index in [4.69, 9.17) is 14.4 Å². The maximum absolute atomic E-state index is 5.91. The number of hydrogen-bond acceptors (Lipinski definition) is 4. The first-order chi connectivity index (χ1) is 9.79. The summed E-state index contributed by atoms with van der Waals surface area (Å²) in [7, 11) is 1.31. The first kappa shape index (κ1) is 20.1. The van der Waals surface area contributed by atoms with E-state index in [1.54, 1.807) is 5.23 Å². The van der Waals surface area contributed by atoms with Gasteiger partial charge < -0.3 is 4.74 Å². The van der Waals surface area contributed by atoms with Gasteiger partial charge in [0.05, 0.1) is 13.2 Å².